The molecule has 0 aromatic heterocycles. The average Bonchev–Trinajstić information content (AvgIpc) is 2.87. The first-order chi connectivity index (χ1) is 9.51. The van der Waals surface area contributed by atoms with Gasteiger partial charge in [-0.2, -0.15) is 0 Å². The van der Waals surface area contributed by atoms with Gasteiger partial charge in [0.15, 0.2) is 0 Å². The van der Waals surface area contributed by atoms with Crippen molar-refractivity contribution >= 4 is 28.9 Å². The number of anilines is 1. The lowest BCUT2D eigenvalue weighted by atomic mass is 10.2. The molecule has 20 heavy (non-hydrogen) atoms. The molecule has 7 nitrogen and oxygen atoms in total. The number of nitrogens with two attached hydrogens (primary N) is 1. The summed E-state index contributed by atoms with van der Waals surface area (Å²) in [6.07, 6.45) is 0.716. The second-order valence-electron chi connectivity index (χ2n) is 4.47. The number of halogens is 1. The minimum atomic E-state index is -0.583. The van der Waals surface area contributed by atoms with Gasteiger partial charge in [0.05, 0.1) is 11.0 Å². The highest BCUT2D eigenvalue weighted by atomic mass is 35.5. The van der Waals surface area contributed by atoms with Crippen LogP contribution in [0.2, 0.25) is 5.02 Å². The Morgan fingerprint density at radius 2 is 2.30 bits per heavy atom. The number of ether oxygens (including phenoxy) is 1. The average molecular weight is 300 g/mol. The summed E-state index contributed by atoms with van der Waals surface area (Å²) in [5.74, 6) is -0.300. The summed E-state index contributed by atoms with van der Waals surface area (Å²) in [7, 11) is 0. The Bertz CT molecular complexity index is 537. The van der Waals surface area contributed by atoms with E-state index in [4.69, 9.17) is 22.1 Å². The molecule has 0 spiro atoms. The van der Waals surface area contributed by atoms with Crippen LogP contribution in [-0.4, -0.2) is 29.6 Å². The van der Waals surface area contributed by atoms with Crippen LogP contribution < -0.4 is 11.1 Å². The van der Waals surface area contributed by atoms with Crippen molar-refractivity contribution < 1.29 is 14.5 Å². The molecule has 2 unspecified atom stereocenters. The van der Waals surface area contributed by atoms with Gasteiger partial charge in [-0.1, -0.05) is 11.6 Å². The quantitative estimate of drug-likeness (QED) is 0.650. The molecule has 8 heteroatoms. The fraction of sp³-hybridized carbons (Fsp3) is 0.417. The number of nitrogens with one attached hydrogen (secondary N) is 1. The Balaban J connectivity index is 2.02. The van der Waals surface area contributed by atoms with Crippen LogP contribution in [0.15, 0.2) is 18.2 Å². The summed E-state index contributed by atoms with van der Waals surface area (Å²) in [5.41, 5.74) is 5.67. The van der Waals surface area contributed by atoms with E-state index in [0.717, 1.165) is 6.42 Å². The predicted octanol–water partition coefficient (Wildman–Crippen LogP) is 1.69. The monoisotopic (exact) mass is 299 g/mol. The molecule has 1 aromatic rings. The van der Waals surface area contributed by atoms with Gasteiger partial charge in [-0.15, -0.1) is 0 Å². The summed E-state index contributed by atoms with van der Waals surface area (Å²) in [6, 6.07) is 4.01. The first-order valence-corrected chi connectivity index (χ1v) is 6.49. The zero-order chi connectivity index (χ0) is 14.7. The number of nitro groups is 1. The second-order valence-corrected chi connectivity index (χ2v) is 4.88. The number of carbonyl (C=O) groups is 1. The van der Waals surface area contributed by atoms with Crippen LogP contribution in [0.5, 0.6) is 0 Å². The van der Waals surface area contributed by atoms with E-state index in [9.17, 15) is 14.9 Å². The molecule has 1 fully saturated rings. The zero-order valence-electron chi connectivity index (χ0n) is 10.5. The van der Waals surface area contributed by atoms with Crippen LogP contribution in [0.1, 0.15) is 12.8 Å². The molecule has 0 saturated carbocycles. The highest BCUT2D eigenvalue weighted by molar-refractivity contribution is 6.33. The number of carbonyl (C=O) groups excluding carboxylic acids is 1. The molecule has 0 bridgehead atoms. The van der Waals surface area contributed by atoms with Crippen LogP contribution in [0.3, 0.4) is 0 Å². The number of hydrogen-bond donors (Lipinski definition) is 2. The Morgan fingerprint density at radius 3 is 2.85 bits per heavy atom. The summed E-state index contributed by atoms with van der Waals surface area (Å²) in [5, 5.41) is 13.2. The van der Waals surface area contributed by atoms with Crippen molar-refractivity contribution in [1.29, 1.82) is 0 Å². The molecule has 0 radical (unpaired) electrons. The molecular weight excluding hydrogens is 286 g/mol. The van der Waals surface area contributed by atoms with Gasteiger partial charge in [-0.3, -0.25) is 14.9 Å². The van der Waals surface area contributed by atoms with Gasteiger partial charge in [-0.05, 0) is 25.0 Å². The number of nitrogens with zero attached hydrogens (tertiary/aromatic N) is 1. The minimum absolute atomic E-state index is 0.0278. The third-order valence-corrected chi connectivity index (χ3v) is 3.38. The van der Waals surface area contributed by atoms with Gasteiger partial charge in [0.2, 0.25) is 0 Å². The van der Waals surface area contributed by atoms with Crippen molar-refractivity contribution in [3.05, 3.63) is 33.3 Å². The predicted molar refractivity (Wildman–Crippen MR) is 73.7 cm³/mol. The third-order valence-electron chi connectivity index (χ3n) is 3.07. The van der Waals surface area contributed by atoms with E-state index in [1.165, 1.54) is 18.2 Å². The SMILES string of the molecule is NCC1CCC(C(=O)Nc2ccc([N+](=O)[O-])c(Cl)c2)O1. The van der Waals surface area contributed by atoms with Gasteiger partial charge in [-0.25, -0.2) is 0 Å². The molecule has 1 amide bonds. The highest BCUT2D eigenvalue weighted by Crippen LogP contribution is 2.28. The lowest BCUT2D eigenvalue weighted by Gasteiger charge is -2.12. The van der Waals surface area contributed by atoms with E-state index in [0.29, 0.717) is 18.7 Å². The molecule has 1 heterocycles. The van der Waals surface area contributed by atoms with Crippen molar-refractivity contribution in [3.8, 4) is 0 Å². The summed E-state index contributed by atoms with van der Waals surface area (Å²) >= 11 is 5.77. The van der Waals surface area contributed by atoms with E-state index in [1.807, 2.05) is 0 Å². The number of amides is 1. The molecule has 1 aliphatic rings. The molecular formula is C12H14ClN3O4. The Hall–Kier alpha value is -1.70. The molecule has 108 valence electrons. The van der Waals surface area contributed by atoms with Crippen molar-refractivity contribution in [2.24, 2.45) is 5.73 Å². The Labute approximate surface area is 120 Å². The van der Waals surface area contributed by atoms with Crippen LogP contribution >= 0.6 is 11.6 Å². The van der Waals surface area contributed by atoms with Crippen LogP contribution in [-0.2, 0) is 9.53 Å². The zero-order valence-corrected chi connectivity index (χ0v) is 11.3. The van der Waals surface area contributed by atoms with Crippen molar-refractivity contribution in [1.82, 2.24) is 0 Å². The molecule has 1 saturated heterocycles. The van der Waals surface area contributed by atoms with E-state index in [-0.39, 0.29) is 22.7 Å². The fourth-order valence-corrected chi connectivity index (χ4v) is 2.28. The largest absolute Gasteiger partial charge is 0.364 e. The van der Waals surface area contributed by atoms with Crippen molar-refractivity contribution in [2.75, 3.05) is 11.9 Å². The number of hydrogen-bond acceptors (Lipinski definition) is 5. The maximum atomic E-state index is 12.0. The van der Waals surface area contributed by atoms with Crippen molar-refractivity contribution in [2.45, 2.75) is 25.0 Å². The van der Waals surface area contributed by atoms with E-state index in [1.54, 1.807) is 0 Å². The molecule has 2 rings (SSSR count). The van der Waals surface area contributed by atoms with Gasteiger partial charge in [0.25, 0.3) is 11.6 Å². The lowest BCUT2D eigenvalue weighted by molar-refractivity contribution is -0.384. The topological polar surface area (TPSA) is 107 Å². The Kier molecular flexibility index (Phi) is 4.53. The molecule has 1 aromatic carbocycles. The number of nitro benzene ring substituents is 1. The number of rotatable bonds is 4. The van der Waals surface area contributed by atoms with Crippen molar-refractivity contribution in [3.63, 3.8) is 0 Å². The van der Waals surface area contributed by atoms with E-state index in [2.05, 4.69) is 5.32 Å². The fourth-order valence-electron chi connectivity index (χ4n) is 2.03. The van der Waals surface area contributed by atoms with Crippen LogP contribution in [0.25, 0.3) is 0 Å². The summed E-state index contributed by atoms with van der Waals surface area (Å²) in [4.78, 5) is 22.0. The van der Waals surface area contributed by atoms with Gasteiger partial charge >= 0.3 is 0 Å². The normalized spacial score (nSPS) is 21.7. The highest BCUT2D eigenvalue weighted by Gasteiger charge is 2.30. The summed E-state index contributed by atoms with van der Waals surface area (Å²) in [6.45, 7) is 0.382. The first kappa shape index (κ1) is 14.7. The lowest BCUT2D eigenvalue weighted by Crippen LogP contribution is -2.29. The van der Waals surface area contributed by atoms with Gasteiger partial charge < -0.3 is 15.8 Å². The molecule has 0 aliphatic carbocycles. The van der Waals surface area contributed by atoms with Gasteiger partial charge in [0.1, 0.15) is 11.1 Å². The minimum Gasteiger partial charge on any atom is -0.364 e. The van der Waals surface area contributed by atoms with Gasteiger partial charge in [0, 0.05) is 18.3 Å². The molecule has 1 aliphatic heterocycles. The molecule has 3 N–H and O–H groups in total. The number of benzene rings is 1. The standard InChI is InChI=1S/C12H14ClN3O4/c13-9-5-7(1-3-10(9)16(18)19)15-12(17)11-4-2-8(6-14)20-11/h1,3,5,8,11H,2,4,6,14H2,(H,15,17). The summed E-state index contributed by atoms with van der Waals surface area (Å²) < 4.78 is 5.46. The maximum Gasteiger partial charge on any atom is 0.288 e. The second kappa shape index (κ2) is 6.17. The smallest absolute Gasteiger partial charge is 0.288 e. The Morgan fingerprint density at radius 1 is 1.55 bits per heavy atom. The van der Waals surface area contributed by atoms with Crippen LogP contribution in [0.4, 0.5) is 11.4 Å². The van der Waals surface area contributed by atoms with E-state index >= 15 is 0 Å². The van der Waals surface area contributed by atoms with E-state index < -0.39 is 11.0 Å². The third kappa shape index (κ3) is 3.24. The first-order valence-electron chi connectivity index (χ1n) is 6.11. The maximum absolute atomic E-state index is 12.0. The molecule has 2 atom stereocenters. The van der Waals surface area contributed by atoms with Crippen LogP contribution in [0, 0.1) is 10.1 Å².